The molecule has 186 valence electrons. The topological polar surface area (TPSA) is 110 Å². The van der Waals surface area contributed by atoms with Crippen molar-refractivity contribution in [2.24, 2.45) is 0 Å². The molecule has 9 heteroatoms. The first kappa shape index (κ1) is 26.0. The minimum Gasteiger partial charge on any atom is -0.485 e. The van der Waals surface area contributed by atoms with Gasteiger partial charge in [0.25, 0.3) is 0 Å². The minimum absolute atomic E-state index is 0.144. The van der Waals surface area contributed by atoms with Crippen molar-refractivity contribution in [2.45, 2.75) is 57.4 Å². The van der Waals surface area contributed by atoms with Crippen LogP contribution >= 0.6 is 0 Å². The molecule has 2 aromatic carbocycles. The van der Waals surface area contributed by atoms with Gasteiger partial charge in [-0.2, -0.15) is 0 Å². The van der Waals surface area contributed by atoms with Gasteiger partial charge >= 0.3 is 11.9 Å². The van der Waals surface area contributed by atoms with Crippen LogP contribution in [0.4, 0.5) is 0 Å². The Bertz CT molecular complexity index is 1030. The Hall–Kier alpha value is -3.58. The van der Waals surface area contributed by atoms with Crippen LogP contribution in [0, 0.1) is 12.3 Å². The summed E-state index contributed by atoms with van der Waals surface area (Å²) in [6.45, 7) is 1.54. The van der Waals surface area contributed by atoms with E-state index in [9.17, 15) is 14.8 Å². The number of hydrogen-bond donors (Lipinski definition) is 1. The highest BCUT2D eigenvalue weighted by Gasteiger charge is 2.37. The SMILES string of the molecule is C#CCC(OO)c1ccc(OC2CC(OC(C)=O)CC(C(=O)OC)O2)c(OCc2ccccc2)c1. The lowest BCUT2D eigenvalue weighted by atomic mass is 10.0. The highest BCUT2D eigenvalue weighted by Crippen LogP contribution is 2.35. The van der Waals surface area contributed by atoms with E-state index in [2.05, 4.69) is 10.8 Å². The quantitative estimate of drug-likeness (QED) is 0.233. The van der Waals surface area contributed by atoms with E-state index in [0.29, 0.717) is 17.1 Å². The Morgan fingerprint density at radius 2 is 1.94 bits per heavy atom. The van der Waals surface area contributed by atoms with Crippen molar-refractivity contribution in [3.8, 4) is 23.8 Å². The van der Waals surface area contributed by atoms with Crippen LogP contribution in [0.3, 0.4) is 0 Å². The molecule has 0 saturated carbocycles. The average Bonchev–Trinajstić information content (AvgIpc) is 2.86. The molecule has 0 radical (unpaired) electrons. The van der Waals surface area contributed by atoms with E-state index in [-0.39, 0.29) is 25.9 Å². The minimum atomic E-state index is -0.959. The van der Waals surface area contributed by atoms with Crippen LogP contribution < -0.4 is 9.47 Å². The first-order valence-electron chi connectivity index (χ1n) is 11.0. The van der Waals surface area contributed by atoms with Crippen LogP contribution in [0.2, 0.25) is 0 Å². The molecule has 4 atom stereocenters. The van der Waals surface area contributed by atoms with E-state index in [4.69, 9.17) is 30.1 Å². The van der Waals surface area contributed by atoms with Gasteiger partial charge < -0.3 is 23.7 Å². The molecule has 9 nitrogen and oxygen atoms in total. The molecule has 1 aliphatic heterocycles. The van der Waals surface area contributed by atoms with Crippen LogP contribution in [0.15, 0.2) is 48.5 Å². The van der Waals surface area contributed by atoms with Gasteiger partial charge in [0.05, 0.1) is 7.11 Å². The predicted octanol–water partition coefficient (Wildman–Crippen LogP) is 3.81. The number of methoxy groups -OCH3 is 1. The van der Waals surface area contributed by atoms with Crippen molar-refractivity contribution in [1.29, 1.82) is 0 Å². The van der Waals surface area contributed by atoms with Gasteiger partial charge in [0.15, 0.2) is 17.6 Å². The number of esters is 2. The summed E-state index contributed by atoms with van der Waals surface area (Å²) in [5.74, 6) is 2.05. The smallest absolute Gasteiger partial charge is 0.335 e. The summed E-state index contributed by atoms with van der Waals surface area (Å²) >= 11 is 0. The lowest BCUT2D eigenvalue weighted by molar-refractivity contribution is -0.280. The van der Waals surface area contributed by atoms with Gasteiger partial charge in [0.2, 0.25) is 6.29 Å². The van der Waals surface area contributed by atoms with Gasteiger partial charge in [-0.25, -0.2) is 9.68 Å². The molecule has 0 aromatic heterocycles. The highest BCUT2D eigenvalue weighted by atomic mass is 17.1. The normalized spacial score (nSPS) is 20.2. The number of benzene rings is 2. The van der Waals surface area contributed by atoms with E-state index in [0.717, 1.165) is 5.56 Å². The first-order chi connectivity index (χ1) is 16.9. The molecule has 3 rings (SSSR count). The zero-order chi connectivity index (χ0) is 25.2. The molecular formula is C26H28O9. The Morgan fingerprint density at radius 1 is 1.17 bits per heavy atom. The fourth-order valence-electron chi connectivity index (χ4n) is 3.67. The molecule has 0 bridgehead atoms. The molecule has 4 unspecified atom stereocenters. The van der Waals surface area contributed by atoms with Crippen LogP contribution in [0.1, 0.15) is 43.4 Å². The number of ether oxygens (including phenoxy) is 5. The lowest BCUT2D eigenvalue weighted by Crippen LogP contribution is -2.44. The van der Waals surface area contributed by atoms with Crippen molar-refractivity contribution in [1.82, 2.24) is 0 Å². The third kappa shape index (κ3) is 7.45. The lowest BCUT2D eigenvalue weighted by Gasteiger charge is -2.33. The van der Waals surface area contributed by atoms with Crippen LogP contribution in [-0.4, -0.2) is 42.8 Å². The van der Waals surface area contributed by atoms with Gasteiger partial charge in [-0.15, -0.1) is 12.3 Å². The second-order valence-electron chi connectivity index (χ2n) is 7.88. The maximum Gasteiger partial charge on any atom is 0.335 e. The zero-order valence-electron chi connectivity index (χ0n) is 19.5. The molecule has 1 N–H and O–H groups in total. The van der Waals surface area contributed by atoms with Crippen LogP contribution in [-0.2, 0) is 35.3 Å². The fourth-order valence-corrected chi connectivity index (χ4v) is 3.67. The fraction of sp³-hybridized carbons (Fsp3) is 0.385. The van der Waals surface area contributed by atoms with E-state index < -0.39 is 36.5 Å². The molecular weight excluding hydrogens is 456 g/mol. The van der Waals surface area contributed by atoms with Gasteiger partial charge in [0, 0.05) is 26.2 Å². The van der Waals surface area contributed by atoms with Gasteiger partial charge in [-0.1, -0.05) is 36.4 Å². The molecule has 0 aliphatic carbocycles. The monoisotopic (exact) mass is 484 g/mol. The maximum atomic E-state index is 12.1. The van der Waals surface area contributed by atoms with E-state index in [1.54, 1.807) is 18.2 Å². The summed E-state index contributed by atoms with van der Waals surface area (Å²) < 4.78 is 27.9. The molecule has 0 amide bonds. The summed E-state index contributed by atoms with van der Waals surface area (Å²) in [7, 11) is 1.25. The van der Waals surface area contributed by atoms with Crippen LogP contribution in [0.25, 0.3) is 0 Å². The Morgan fingerprint density at radius 3 is 2.60 bits per heavy atom. The molecule has 1 aliphatic rings. The Kier molecular flexibility index (Phi) is 9.49. The van der Waals surface area contributed by atoms with Crippen LogP contribution in [0.5, 0.6) is 11.5 Å². The van der Waals surface area contributed by atoms with E-state index in [1.807, 2.05) is 30.3 Å². The Balaban J connectivity index is 1.85. The molecule has 2 aromatic rings. The maximum absolute atomic E-state index is 12.1. The molecule has 1 fully saturated rings. The standard InChI is InChI=1S/C26H28O9/c1-4-8-21(35-29)19-11-12-22(23(13-19)31-16-18-9-6-5-7-10-18)33-25-15-20(32-17(2)27)14-24(34-25)26(28)30-3/h1,5-7,9-13,20-21,24-25,29H,8,14-16H2,2-3H3. The number of hydrogen-bond acceptors (Lipinski definition) is 9. The number of terminal acetylenes is 1. The van der Waals surface area contributed by atoms with Gasteiger partial charge in [0.1, 0.15) is 18.8 Å². The van der Waals surface area contributed by atoms with E-state index in [1.165, 1.54) is 14.0 Å². The first-order valence-corrected chi connectivity index (χ1v) is 11.0. The number of rotatable bonds is 10. The Labute approximate surface area is 203 Å². The summed E-state index contributed by atoms with van der Waals surface area (Å²) in [5.41, 5.74) is 1.51. The van der Waals surface area contributed by atoms with Gasteiger partial charge in [-0.05, 0) is 23.3 Å². The molecule has 0 spiro atoms. The summed E-state index contributed by atoms with van der Waals surface area (Å²) in [4.78, 5) is 28.1. The van der Waals surface area contributed by atoms with Crippen molar-refractivity contribution in [2.75, 3.05) is 7.11 Å². The highest BCUT2D eigenvalue weighted by molar-refractivity contribution is 5.74. The van der Waals surface area contributed by atoms with Crippen molar-refractivity contribution < 1.29 is 43.4 Å². The predicted molar refractivity (Wildman–Crippen MR) is 123 cm³/mol. The number of carbonyl (C=O) groups excluding carboxylic acids is 2. The second-order valence-corrected chi connectivity index (χ2v) is 7.88. The average molecular weight is 485 g/mol. The third-order valence-electron chi connectivity index (χ3n) is 5.31. The molecule has 35 heavy (non-hydrogen) atoms. The van der Waals surface area contributed by atoms with Crippen molar-refractivity contribution in [3.05, 3.63) is 59.7 Å². The zero-order valence-corrected chi connectivity index (χ0v) is 19.5. The summed E-state index contributed by atoms with van der Waals surface area (Å²) in [5, 5.41) is 9.27. The largest absolute Gasteiger partial charge is 0.485 e. The van der Waals surface area contributed by atoms with E-state index >= 15 is 0 Å². The summed E-state index contributed by atoms with van der Waals surface area (Å²) in [6, 6.07) is 14.5. The molecule has 1 saturated heterocycles. The van der Waals surface area contributed by atoms with Crippen molar-refractivity contribution in [3.63, 3.8) is 0 Å². The number of carbonyl (C=O) groups is 2. The second kappa shape index (κ2) is 12.8. The molecule has 1 heterocycles. The third-order valence-corrected chi connectivity index (χ3v) is 5.31. The summed E-state index contributed by atoms with van der Waals surface area (Å²) in [6.07, 6.45) is 2.66. The van der Waals surface area contributed by atoms with Crippen molar-refractivity contribution >= 4 is 11.9 Å². The van der Waals surface area contributed by atoms with Gasteiger partial charge in [-0.3, -0.25) is 10.1 Å².